The highest BCUT2D eigenvalue weighted by Crippen LogP contribution is 2.32. The fraction of sp³-hybridized carbons (Fsp3) is 0.412. The number of esters is 2. The molecule has 1 aromatic carbocycles. The van der Waals surface area contributed by atoms with Gasteiger partial charge >= 0.3 is 11.9 Å². The lowest BCUT2D eigenvalue weighted by Gasteiger charge is -2.25. The Morgan fingerprint density at radius 2 is 1.70 bits per heavy atom. The topological polar surface area (TPSA) is 71.1 Å². The summed E-state index contributed by atoms with van der Waals surface area (Å²) in [4.78, 5) is 23.1. The summed E-state index contributed by atoms with van der Waals surface area (Å²) < 4.78 is 20.4. The van der Waals surface area contributed by atoms with Crippen molar-refractivity contribution in [2.75, 3.05) is 21.3 Å². The van der Waals surface area contributed by atoms with Gasteiger partial charge in [0.25, 0.3) is 0 Å². The zero-order chi connectivity index (χ0) is 17.6. The van der Waals surface area contributed by atoms with Crippen LogP contribution in [0.5, 0.6) is 11.5 Å². The van der Waals surface area contributed by atoms with Crippen LogP contribution >= 0.6 is 0 Å². The summed E-state index contributed by atoms with van der Waals surface area (Å²) in [6.07, 6.45) is 2.80. The summed E-state index contributed by atoms with van der Waals surface area (Å²) in [6, 6.07) is 3.46. The second-order valence-electron chi connectivity index (χ2n) is 5.32. The van der Waals surface area contributed by atoms with Crippen LogP contribution in [0.2, 0.25) is 0 Å². The first-order valence-electron chi connectivity index (χ1n) is 6.97. The van der Waals surface area contributed by atoms with E-state index in [0.717, 1.165) is 5.56 Å². The Kier molecular flexibility index (Phi) is 6.18. The Morgan fingerprint density at radius 1 is 1.04 bits per heavy atom. The maximum atomic E-state index is 11.8. The molecular formula is C17H22O6. The second kappa shape index (κ2) is 7.67. The number of ether oxygens (including phenoxy) is 4. The van der Waals surface area contributed by atoms with E-state index < -0.39 is 17.5 Å². The Balaban J connectivity index is 3.28. The Hall–Kier alpha value is -2.50. The van der Waals surface area contributed by atoms with Gasteiger partial charge in [-0.1, -0.05) is 0 Å². The van der Waals surface area contributed by atoms with Gasteiger partial charge in [0.2, 0.25) is 0 Å². The van der Waals surface area contributed by atoms with Crippen molar-refractivity contribution < 1.29 is 28.5 Å². The van der Waals surface area contributed by atoms with Gasteiger partial charge in [-0.2, -0.15) is 0 Å². The van der Waals surface area contributed by atoms with Crippen LogP contribution in [-0.2, 0) is 19.1 Å². The molecule has 0 atom stereocenters. The second-order valence-corrected chi connectivity index (χ2v) is 5.32. The van der Waals surface area contributed by atoms with E-state index in [9.17, 15) is 9.59 Å². The van der Waals surface area contributed by atoms with Crippen molar-refractivity contribution in [3.8, 4) is 11.5 Å². The highest BCUT2D eigenvalue weighted by atomic mass is 16.6. The molecule has 23 heavy (non-hydrogen) atoms. The molecule has 0 aliphatic heterocycles. The molecule has 1 aromatic rings. The summed E-state index contributed by atoms with van der Waals surface area (Å²) >= 11 is 0. The monoisotopic (exact) mass is 322 g/mol. The molecule has 0 fully saturated rings. The number of carbonyl (C=O) groups is 2. The van der Waals surface area contributed by atoms with Crippen LogP contribution in [0.3, 0.4) is 0 Å². The first-order chi connectivity index (χ1) is 10.7. The van der Waals surface area contributed by atoms with Gasteiger partial charge in [0.15, 0.2) is 5.60 Å². The van der Waals surface area contributed by atoms with Gasteiger partial charge < -0.3 is 18.9 Å². The number of carbonyl (C=O) groups excluding carboxylic acids is 2. The van der Waals surface area contributed by atoms with E-state index in [2.05, 4.69) is 4.74 Å². The van der Waals surface area contributed by atoms with Crippen molar-refractivity contribution in [2.24, 2.45) is 0 Å². The lowest BCUT2D eigenvalue weighted by atomic mass is 10.1. The van der Waals surface area contributed by atoms with Crippen LogP contribution in [0.4, 0.5) is 0 Å². The molecule has 0 saturated heterocycles. The molecule has 0 saturated carbocycles. The van der Waals surface area contributed by atoms with Crippen molar-refractivity contribution in [3.05, 3.63) is 29.3 Å². The van der Waals surface area contributed by atoms with Crippen LogP contribution < -0.4 is 9.47 Å². The smallest absolute Gasteiger partial charge is 0.349 e. The first-order valence-corrected chi connectivity index (χ1v) is 6.97. The molecule has 0 amide bonds. The molecule has 0 heterocycles. The molecule has 0 unspecified atom stereocenters. The minimum absolute atomic E-state index is 0.429. The fourth-order valence-electron chi connectivity index (χ4n) is 1.90. The summed E-state index contributed by atoms with van der Waals surface area (Å²) in [5, 5.41) is 0. The number of methoxy groups -OCH3 is 3. The molecule has 126 valence electrons. The lowest BCUT2D eigenvalue weighted by Crippen LogP contribution is -2.39. The third kappa shape index (κ3) is 4.74. The van der Waals surface area contributed by atoms with E-state index in [1.165, 1.54) is 26.4 Å². The standard InChI is InChI=1S/C17H22O6/c1-11-9-14(23-17(2,3)16(19)22-6)12(10-13(11)20-4)7-8-15(18)21-5/h7-10H,1-6H3/b8-7-. The summed E-state index contributed by atoms with van der Waals surface area (Å²) in [6.45, 7) is 5.06. The first kappa shape index (κ1) is 18.5. The summed E-state index contributed by atoms with van der Waals surface area (Å²) in [7, 11) is 4.14. The number of benzene rings is 1. The average molecular weight is 322 g/mol. The lowest BCUT2D eigenvalue weighted by molar-refractivity contribution is -0.156. The van der Waals surface area contributed by atoms with Gasteiger partial charge in [-0.3, -0.25) is 0 Å². The number of aryl methyl sites for hydroxylation is 1. The van der Waals surface area contributed by atoms with E-state index >= 15 is 0 Å². The van der Waals surface area contributed by atoms with Crippen LogP contribution in [0, 0.1) is 6.92 Å². The van der Waals surface area contributed by atoms with Crippen LogP contribution in [0.25, 0.3) is 6.08 Å². The highest BCUT2D eigenvalue weighted by molar-refractivity contribution is 5.87. The molecule has 0 spiro atoms. The zero-order valence-corrected chi connectivity index (χ0v) is 14.3. The molecule has 0 N–H and O–H groups in total. The molecule has 6 heteroatoms. The molecule has 6 nitrogen and oxygen atoms in total. The highest BCUT2D eigenvalue weighted by Gasteiger charge is 2.32. The van der Waals surface area contributed by atoms with Crippen LogP contribution in [0.15, 0.2) is 18.2 Å². The summed E-state index contributed by atoms with van der Waals surface area (Å²) in [5.41, 5.74) is 0.233. The quantitative estimate of drug-likeness (QED) is 0.592. The van der Waals surface area contributed by atoms with Crippen molar-refractivity contribution in [1.29, 1.82) is 0 Å². The number of hydrogen-bond acceptors (Lipinski definition) is 6. The van der Waals surface area contributed by atoms with Gasteiger partial charge in [-0.15, -0.1) is 0 Å². The normalized spacial score (nSPS) is 11.2. The van der Waals surface area contributed by atoms with E-state index in [1.54, 1.807) is 33.1 Å². The third-order valence-corrected chi connectivity index (χ3v) is 3.17. The average Bonchev–Trinajstić information content (AvgIpc) is 2.52. The largest absolute Gasteiger partial charge is 0.496 e. The minimum Gasteiger partial charge on any atom is -0.496 e. The molecule has 0 aromatic heterocycles. The zero-order valence-electron chi connectivity index (χ0n) is 14.3. The minimum atomic E-state index is -1.18. The predicted molar refractivity (Wildman–Crippen MR) is 85.5 cm³/mol. The van der Waals surface area contributed by atoms with Crippen molar-refractivity contribution in [2.45, 2.75) is 26.4 Å². The van der Waals surface area contributed by atoms with E-state index in [0.29, 0.717) is 17.1 Å². The van der Waals surface area contributed by atoms with Gasteiger partial charge in [-0.25, -0.2) is 9.59 Å². The molecule has 1 rings (SSSR count). The Labute approximate surface area is 136 Å². The maximum Gasteiger partial charge on any atom is 0.349 e. The molecule has 0 aliphatic rings. The van der Waals surface area contributed by atoms with Gasteiger partial charge in [0, 0.05) is 11.6 Å². The Morgan fingerprint density at radius 3 is 2.22 bits per heavy atom. The van der Waals surface area contributed by atoms with Crippen molar-refractivity contribution >= 4 is 18.0 Å². The van der Waals surface area contributed by atoms with Gasteiger partial charge in [0.05, 0.1) is 21.3 Å². The molecule has 0 bridgehead atoms. The van der Waals surface area contributed by atoms with Gasteiger partial charge in [0.1, 0.15) is 11.5 Å². The molecule has 0 radical (unpaired) electrons. The third-order valence-electron chi connectivity index (χ3n) is 3.17. The fourth-order valence-corrected chi connectivity index (χ4v) is 1.90. The van der Waals surface area contributed by atoms with E-state index in [1.807, 2.05) is 6.92 Å². The molecule has 0 aliphatic carbocycles. The maximum absolute atomic E-state index is 11.8. The van der Waals surface area contributed by atoms with Gasteiger partial charge in [-0.05, 0) is 44.5 Å². The van der Waals surface area contributed by atoms with Crippen LogP contribution in [-0.4, -0.2) is 38.9 Å². The van der Waals surface area contributed by atoms with Crippen molar-refractivity contribution in [3.63, 3.8) is 0 Å². The van der Waals surface area contributed by atoms with Crippen LogP contribution in [0.1, 0.15) is 25.0 Å². The summed E-state index contributed by atoms with van der Waals surface area (Å²) in [5.74, 6) is 0.0631. The number of rotatable bonds is 6. The predicted octanol–water partition coefficient (Wildman–Crippen LogP) is 2.52. The molecular weight excluding hydrogens is 300 g/mol. The number of hydrogen-bond donors (Lipinski definition) is 0. The van der Waals surface area contributed by atoms with Crippen molar-refractivity contribution in [1.82, 2.24) is 0 Å². The van der Waals surface area contributed by atoms with E-state index in [4.69, 9.17) is 14.2 Å². The SMILES string of the molecule is COC(=O)/C=C\c1cc(OC)c(C)cc1OC(C)(C)C(=O)OC. The van der Waals surface area contributed by atoms with E-state index in [-0.39, 0.29) is 0 Å². The Bertz CT molecular complexity index is 616.